The van der Waals surface area contributed by atoms with Crippen LogP contribution in [0.5, 0.6) is 0 Å². The highest BCUT2D eigenvalue weighted by Crippen LogP contribution is 2.25. The fraction of sp³-hybridized carbons (Fsp3) is 0.588. The number of fused-ring (bicyclic) bond motifs is 1. The molecule has 0 atom stereocenters. The van der Waals surface area contributed by atoms with Crippen molar-refractivity contribution in [3.8, 4) is 0 Å². The normalized spacial score (nSPS) is 16.2. The molecule has 2 aromatic heterocycles. The summed E-state index contributed by atoms with van der Waals surface area (Å²) in [5, 5.41) is 4.43. The first-order chi connectivity index (χ1) is 10.1. The summed E-state index contributed by atoms with van der Waals surface area (Å²) in [6, 6.07) is 4.25. The summed E-state index contributed by atoms with van der Waals surface area (Å²) in [5.74, 6) is 0.477. The van der Waals surface area contributed by atoms with Crippen molar-refractivity contribution < 1.29 is 4.39 Å². The van der Waals surface area contributed by atoms with E-state index in [9.17, 15) is 4.39 Å². The van der Waals surface area contributed by atoms with Crippen molar-refractivity contribution in [1.29, 1.82) is 0 Å². The lowest BCUT2D eigenvalue weighted by atomic mass is 10.1. The summed E-state index contributed by atoms with van der Waals surface area (Å²) >= 11 is 0. The first-order valence-corrected chi connectivity index (χ1v) is 8.01. The lowest BCUT2D eigenvalue weighted by Gasteiger charge is -2.30. The number of alkyl halides is 1. The molecule has 1 saturated heterocycles. The predicted molar refractivity (Wildman–Crippen MR) is 87.0 cm³/mol. The Morgan fingerprint density at radius 3 is 2.48 bits per heavy atom. The van der Waals surface area contributed by atoms with Gasteiger partial charge >= 0.3 is 0 Å². The van der Waals surface area contributed by atoms with E-state index in [1.165, 1.54) is 11.1 Å². The van der Waals surface area contributed by atoms with Gasteiger partial charge in [-0.3, -0.25) is 0 Å². The lowest BCUT2D eigenvalue weighted by molar-refractivity contribution is 0.277. The lowest BCUT2D eigenvalue weighted by Crippen LogP contribution is -2.34. The second-order valence-electron chi connectivity index (χ2n) is 5.63. The zero-order valence-electron chi connectivity index (χ0n) is 13.5. The molecule has 0 amide bonds. The van der Waals surface area contributed by atoms with Gasteiger partial charge in [0.1, 0.15) is 6.17 Å². The van der Waals surface area contributed by atoms with Crippen molar-refractivity contribution in [3.63, 3.8) is 0 Å². The van der Waals surface area contributed by atoms with Gasteiger partial charge in [0.2, 0.25) is 0 Å². The molecule has 4 heteroatoms. The van der Waals surface area contributed by atoms with Crippen molar-refractivity contribution in [3.05, 3.63) is 30.1 Å². The molecule has 0 unspecified atom stereocenters. The van der Waals surface area contributed by atoms with Crippen LogP contribution in [0.3, 0.4) is 0 Å². The molecule has 0 aliphatic carbocycles. The quantitative estimate of drug-likeness (QED) is 0.816. The van der Waals surface area contributed by atoms with Gasteiger partial charge in [-0.1, -0.05) is 27.7 Å². The topological polar surface area (TPSA) is 20.5 Å². The molecule has 2 aromatic rings. The standard InChI is InChI=1S/C15H20FN3.C2H6/c1-11(2)14-9-17-19-10-13(3-4-15(14)19)18-7-5-12(16)6-8-18;1-2/h3-4,9-12H,5-8H2,1-2H3;1-2H3. The zero-order chi connectivity index (χ0) is 15.4. The molecule has 3 nitrogen and oxygen atoms in total. The number of anilines is 1. The second-order valence-corrected chi connectivity index (χ2v) is 5.63. The average Bonchev–Trinajstić information content (AvgIpc) is 2.93. The van der Waals surface area contributed by atoms with Crippen molar-refractivity contribution in [2.45, 2.75) is 52.6 Å². The molecule has 3 rings (SSSR count). The Kier molecular flexibility index (Phi) is 5.21. The fourth-order valence-corrected chi connectivity index (χ4v) is 2.73. The van der Waals surface area contributed by atoms with Gasteiger partial charge in [-0.25, -0.2) is 8.91 Å². The van der Waals surface area contributed by atoms with Crippen LogP contribution in [0.1, 0.15) is 52.0 Å². The number of aromatic nitrogens is 2. The highest BCUT2D eigenvalue weighted by molar-refractivity contribution is 5.60. The predicted octanol–water partition coefficient (Wildman–Crippen LogP) is 4.42. The zero-order valence-corrected chi connectivity index (χ0v) is 13.5. The number of pyridine rings is 1. The van der Waals surface area contributed by atoms with E-state index < -0.39 is 6.17 Å². The van der Waals surface area contributed by atoms with Crippen LogP contribution in [0, 0.1) is 0 Å². The second kappa shape index (κ2) is 6.92. The number of nitrogens with zero attached hydrogens (tertiary/aromatic N) is 3. The van der Waals surface area contributed by atoms with E-state index in [1.54, 1.807) is 0 Å². The molecule has 1 fully saturated rings. The molecule has 1 aliphatic rings. The van der Waals surface area contributed by atoms with Crippen LogP contribution < -0.4 is 4.90 Å². The molecule has 0 spiro atoms. The molecular formula is C17H26FN3. The number of hydrogen-bond acceptors (Lipinski definition) is 2. The summed E-state index contributed by atoms with van der Waals surface area (Å²) in [7, 11) is 0. The molecule has 21 heavy (non-hydrogen) atoms. The van der Waals surface area contributed by atoms with Gasteiger partial charge in [-0.15, -0.1) is 0 Å². The van der Waals surface area contributed by atoms with Crippen LogP contribution in [0.15, 0.2) is 24.5 Å². The average molecular weight is 291 g/mol. The number of piperidine rings is 1. The summed E-state index contributed by atoms with van der Waals surface area (Å²) in [5.41, 5.74) is 3.57. The van der Waals surface area contributed by atoms with E-state index in [4.69, 9.17) is 0 Å². The van der Waals surface area contributed by atoms with Crippen molar-refractivity contribution >= 4 is 11.2 Å². The Bertz CT molecular complexity index is 568. The van der Waals surface area contributed by atoms with Gasteiger partial charge in [0.05, 0.1) is 23.6 Å². The van der Waals surface area contributed by atoms with Gasteiger partial charge in [-0.05, 0) is 30.9 Å². The summed E-state index contributed by atoms with van der Waals surface area (Å²) < 4.78 is 15.1. The Balaban J connectivity index is 0.000000774. The Labute approximate surface area is 126 Å². The van der Waals surface area contributed by atoms with Crippen LogP contribution in [0.4, 0.5) is 10.1 Å². The monoisotopic (exact) mass is 291 g/mol. The molecule has 0 saturated carbocycles. The van der Waals surface area contributed by atoms with E-state index in [1.807, 2.05) is 24.6 Å². The third kappa shape index (κ3) is 3.36. The van der Waals surface area contributed by atoms with E-state index in [0.29, 0.717) is 18.8 Å². The molecule has 0 N–H and O–H groups in total. The van der Waals surface area contributed by atoms with Crippen molar-refractivity contribution in [2.75, 3.05) is 18.0 Å². The maximum atomic E-state index is 13.2. The Morgan fingerprint density at radius 1 is 1.19 bits per heavy atom. The van der Waals surface area contributed by atoms with Crippen LogP contribution in [-0.4, -0.2) is 28.9 Å². The number of rotatable bonds is 2. The molecular weight excluding hydrogens is 265 g/mol. The van der Waals surface area contributed by atoms with Crippen LogP contribution in [0.25, 0.3) is 5.52 Å². The number of hydrogen-bond donors (Lipinski definition) is 0. The fourth-order valence-electron chi connectivity index (χ4n) is 2.73. The molecule has 116 valence electrons. The van der Waals surface area contributed by atoms with E-state index >= 15 is 0 Å². The smallest absolute Gasteiger partial charge is 0.103 e. The SMILES string of the molecule is CC.CC(C)c1cnn2cc(N3CCC(F)CC3)ccc12. The maximum Gasteiger partial charge on any atom is 0.103 e. The Morgan fingerprint density at radius 2 is 1.86 bits per heavy atom. The highest BCUT2D eigenvalue weighted by Gasteiger charge is 2.19. The van der Waals surface area contributed by atoms with Gasteiger partial charge in [0.25, 0.3) is 0 Å². The van der Waals surface area contributed by atoms with E-state index in [0.717, 1.165) is 18.8 Å². The molecule has 0 radical (unpaired) electrons. The van der Waals surface area contributed by atoms with Crippen LogP contribution in [-0.2, 0) is 0 Å². The highest BCUT2D eigenvalue weighted by atomic mass is 19.1. The first-order valence-electron chi connectivity index (χ1n) is 8.01. The van der Waals surface area contributed by atoms with Gasteiger partial charge < -0.3 is 4.90 Å². The van der Waals surface area contributed by atoms with Crippen molar-refractivity contribution in [2.24, 2.45) is 0 Å². The van der Waals surface area contributed by atoms with Crippen LogP contribution in [0.2, 0.25) is 0 Å². The Hall–Kier alpha value is -1.58. The van der Waals surface area contributed by atoms with Gasteiger partial charge in [-0.2, -0.15) is 5.10 Å². The van der Waals surface area contributed by atoms with Crippen molar-refractivity contribution in [1.82, 2.24) is 9.61 Å². The van der Waals surface area contributed by atoms with E-state index in [-0.39, 0.29) is 0 Å². The van der Waals surface area contributed by atoms with Crippen LogP contribution >= 0.6 is 0 Å². The molecule has 0 aromatic carbocycles. The third-order valence-corrected chi connectivity index (χ3v) is 3.94. The summed E-state index contributed by atoms with van der Waals surface area (Å²) in [6.45, 7) is 9.95. The van der Waals surface area contributed by atoms with Gasteiger partial charge in [0, 0.05) is 18.7 Å². The number of halogens is 1. The molecule has 1 aliphatic heterocycles. The molecule has 3 heterocycles. The summed E-state index contributed by atoms with van der Waals surface area (Å²) in [6.07, 6.45) is 4.64. The first kappa shape index (κ1) is 15.8. The minimum absolute atomic E-state index is 0.477. The van der Waals surface area contributed by atoms with Gasteiger partial charge in [0.15, 0.2) is 0 Å². The maximum absolute atomic E-state index is 13.2. The van der Waals surface area contributed by atoms with E-state index in [2.05, 4.69) is 42.2 Å². The third-order valence-electron chi connectivity index (χ3n) is 3.94. The minimum atomic E-state index is -0.628. The largest absolute Gasteiger partial charge is 0.370 e. The molecule has 0 bridgehead atoms. The minimum Gasteiger partial charge on any atom is -0.370 e. The summed E-state index contributed by atoms with van der Waals surface area (Å²) in [4.78, 5) is 2.24.